The zero-order valence-electron chi connectivity index (χ0n) is 7.99. The van der Waals surface area contributed by atoms with Crippen LogP contribution in [0.4, 0.5) is 0 Å². The Morgan fingerprint density at radius 1 is 1.67 bits per heavy atom. The maximum Gasteiger partial charge on any atom is 0.326 e. The third kappa shape index (κ3) is 4.01. The molecule has 15 heavy (non-hydrogen) atoms. The van der Waals surface area contributed by atoms with Crippen molar-refractivity contribution in [2.24, 2.45) is 0 Å². The average molecular weight is 292 g/mol. The van der Waals surface area contributed by atoms with Crippen LogP contribution in [-0.2, 0) is 16.0 Å². The van der Waals surface area contributed by atoms with E-state index >= 15 is 0 Å². The van der Waals surface area contributed by atoms with Crippen LogP contribution in [0, 0.1) is 0 Å². The number of hydrogen-bond donors (Lipinski definition) is 2. The van der Waals surface area contributed by atoms with Crippen molar-refractivity contribution < 1.29 is 14.7 Å². The summed E-state index contributed by atoms with van der Waals surface area (Å²) >= 11 is 4.78. The number of rotatable bonds is 4. The molecule has 0 radical (unpaired) electrons. The molecule has 1 amide bonds. The first-order valence-electron chi connectivity index (χ1n) is 4.22. The number of halogens is 1. The highest BCUT2D eigenvalue weighted by atomic mass is 79.9. The van der Waals surface area contributed by atoms with Crippen molar-refractivity contribution in [3.05, 3.63) is 20.8 Å². The number of carbonyl (C=O) groups is 2. The van der Waals surface area contributed by atoms with Gasteiger partial charge in [0, 0.05) is 13.3 Å². The molecule has 1 aromatic rings. The number of aliphatic carboxylic acids is 1. The van der Waals surface area contributed by atoms with Gasteiger partial charge in [-0.1, -0.05) is 0 Å². The first-order chi connectivity index (χ1) is 6.99. The molecule has 6 heteroatoms. The van der Waals surface area contributed by atoms with E-state index in [2.05, 4.69) is 21.2 Å². The molecule has 0 bridgehead atoms. The summed E-state index contributed by atoms with van der Waals surface area (Å²) in [5, 5.41) is 13.1. The van der Waals surface area contributed by atoms with E-state index < -0.39 is 12.0 Å². The Morgan fingerprint density at radius 3 is 2.73 bits per heavy atom. The molecule has 1 aromatic heterocycles. The van der Waals surface area contributed by atoms with E-state index in [1.807, 2.05) is 11.4 Å². The molecule has 0 spiro atoms. The molecular weight excluding hydrogens is 282 g/mol. The average Bonchev–Trinajstić information content (AvgIpc) is 2.49. The molecule has 1 rings (SSSR count). The Bertz CT molecular complexity index is 377. The third-order valence-electron chi connectivity index (χ3n) is 1.74. The molecule has 1 heterocycles. The fourth-order valence-electron chi connectivity index (χ4n) is 1.13. The van der Waals surface area contributed by atoms with Crippen LogP contribution in [0.25, 0.3) is 0 Å². The SMILES string of the molecule is CC(=O)N[C@@H](Cc1csc(Br)c1)C(=O)O. The normalized spacial score (nSPS) is 12.1. The summed E-state index contributed by atoms with van der Waals surface area (Å²) in [6.45, 7) is 1.31. The molecule has 0 aromatic carbocycles. The fourth-order valence-corrected chi connectivity index (χ4v) is 2.36. The molecule has 4 nitrogen and oxygen atoms in total. The Morgan fingerprint density at radius 2 is 2.33 bits per heavy atom. The lowest BCUT2D eigenvalue weighted by Crippen LogP contribution is -2.41. The number of amides is 1. The maximum absolute atomic E-state index is 10.8. The second-order valence-corrected chi connectivity index (χ2v) is 5.35. The fraction of sp³-hybridized carbons (Fsp3) is 0.333. The van der Waals surface area contributed by atoms with Crippen molar-refractivity contribution in [3.63, 3.8) is 0 Å². The monoisotopic (exact) mass is 291 g/mol. The van der Waals surface area contributed by atoms with Crippen molar-refractivity contribution in [1.29, 1.82) is 0 Å². The van der Waals surface area contributed by atoms with Gasteiger partial charge in [-0.05, 0) is 32.9 Å². The van der Waals surface area contributed by atoms with Crippen LogP contribution in [-0.4, -0.2) is 23.0 Å². The van der Waals surface area contributed by atoms with Crippen molar-refractivity contribution in [1.82, 2.24) is 5.32 Å². The topological polar surface area (TPSA) is 66.4 Å². The Balaban J connectivity index is 2.66. The smallest absolute Gasteiger partial charge is 0.326 e. The molecule has 0 fully saturated rings. The summed E-state index contributed by atoms with van der Waals surface area (Å²) in [6, 6.07) is 0.992. The van der Waals surface area contributed by atoms with Crippen LogP contribution in [0.5, 0.6) is 0 Å². The standard InChI is InChI=1S/C9H10BrNO3S/c1-5(12)11-7(9(13)14)2-6-3-8(10)15-4-6/h3-4,7H,2H2,1H3,(H,11,12)(H,13,14)/t7-/m0/s1. The van der Waals surface area contributed by atoms with E-state index in [0.717, 1.165) is 9.35 Å². The van der Waals surface area contributed by atoms with Crippen LogP contribution in [0.1, 0.15) is 12.5 Å². The van der Waals surface area contributed by atoms with E-state index in [-0.39, 0.29) is 5.91 Å². The van der Waals surface area contributed by atoms with Gasteiger partial charge in [-0.3, -0.25) is 4.79 Å². The quantitative estimate of drug-likeness (QED) is 0.886. The van der Waals surface area contributed by atoms with Gasteiger partial charge in [0.05, 0.1) is 3.79 Å². The van der Waals surface area contributed by atoms with Crippen molar-refractivity contribution in [2.75, 3.05) is 0 Å². The molecule has 0 saturated carbocycles. The summed E-state index contributed by atoms with van der Waals surface area (Å²) < 4.78 is 0.949. The largest absolute Gasteiger partial charge is 0.480 e. The number of nitrogens with one attached hydrogen (secondary N) is 1. The number of carbonyl (C=O) groups excluding carboxylic acids is 1. The van der Waals surface area contributed by atoms with Crippen LogP contribution in [0.2, 0.25) is 0 Å². The van der Waals surface area contributed by atoms with Crippen molar-refractivity contribution in [3.8, 4) is 0 Å². The van der Waals surface area contributed by atoms with Crippen LogP contribution in [0.15, 0.2) is 15.2 Å². The van der Waals surface area contributed by atoms with Gasteiger partial charge in [-0.25, -0.2) is 4.79 Å². The van der Waals surface area contributed by atoms with Gasteiger partial charge in [0.1, 0.15) is 6.04 Å². The van der Waals surface area contributed by atoms with Crippen LogP contribution < -0.4 is 5.32 Å². The lowest BCUT2D eigenvalue weighted by molar-refractivity contribution is -0.141. The number of hydrogen-bond acceptors (Lipinski definition) is 3. The predicted octanol–water partition coefficient (Wildman–Crippen LogP) is 1.64. The molecular formula is C9H10BrNO3S. The lowest BCUT2D eigenvalue weighted by Gasteiger charge is -2.11. The van der Waals surface area contributed by atoms with Gasteiger partial charge in [0.2, 0.25) is 5.91 Å². The predicted molar refractivity (Wildman–Crippen MR) is 61.0 cm³/mol. The first-order valence-corrected chi connectivity index (χ1v) is 5.89. The highest BCUT2D eigenvalue weighted by molar-refractivity contribution is 9.11. The highest BCUT2D eigenvalue weighted by Gasteiger charge is 2.19. The van der Waals surface area contributed by atoms with Gasteiger partial charge < -0.3 is 10.4 Å². The third-order valence-corrected chi connectivity index (χ3v) is 3.29. The minimum absolute atomic E-state index is 0.303. The van der Waals surface area contributed by atoms with Gasteiger partial charge in [-0.2, -0.15) is 0 Å². The zero-order valence-corrected chi connectivity index (χ0v) is 10.4. The summed E-state index contributed by atoms with van der Waals surface area (Å²) in [7, 11) is 0. The second kappa shape index (κ2) is 5.27. The van der Waals surface area contributed by atoms with Gasteiger partial charge >= 0.3 is 5.97 Å². The summed E-state index contributed by atoms with van der Waals surface area (Å²) in [5.41, 5.74) is 0.896. The molecule has 82 valence electrons. The van der Waals surface area contributed by atoms with Gasteiger partial charge in [0.25, 0.3) is 0 Å². The van der Waals surface area contributed by atoms with E-state index in [0.29, 0.717) is 6.42 Å². The van der Waals surface area contributed by atoms with E-state index in [1.165, 1.54) is 18.3 Å². The van der Waals surface area contributed by atoms with E-state index in [9.17, 15) is 9.59 Å². The zero-order chi connectivity index (χ0) is 11.4. The lowest BCUT2D eigenvalue weighted by atomic mass is 10.1. The summed E-state index contributed by atoms with van der Waals surface area (Å²) in [5.74, 6) is -1.36. The summed E-state index contributed by atoms with van der Waals surface area (Å²) in [4.78, 5) is 21.6. The molecule has 0 unspecified atom stereocenters. The summed E-state index contributed by atoms with van der Waals surface area (Å²) in [6.07, 6.45) is 0.303. The van der Waals surface area contributed by atoms with Gasteiger partial charge in [-0.15, -0.1) is 11.3 Å². The molecule has 0 saturated heterocycles. The molecule has 0 aliphatic rings. The minimum Gasteiger partial charge on any atom is -0.480 e. The highest BCUT2D eigenvalue weighted by Crippen LogP contribution is 2.21. The number of carboxylic acids is 1. The number of carboxylic acid groups (broad SMARTS) is 1. The van der Waals surface area contributed by atoms with Gasteiger partial charge in [0.15, 0.2) is 0 Å². The van der Waals surface area contributed by atoms with Crippen molar-refractivity contribution >= 4 is 39.1 Å². The minimum atomic E-state index is -1.02. The second-order valence-electron chi connectivity index (χ2n) is 3.05. The Kier molecular flexibility index (Phi) is 4.28. The Labute approximate surface area is 99.4 Å². The number of thiophene rings is 1. The van der Waals surface area contributed by atoms with E-state index in [1.54, 1.807) is 0 Å². The molecule has 1 atom stereocenters. The van der Waals surface area contributed by atoms with E-state index in [4.69, 9.17) is 5.11 Å². The molecule has 2 N–H and O–H groups in total. The Hall–Kier alpha value is -0.880. The maximum atomic E-state index is 10.8. The van der Waals surface area contributed by atoms with Crippen LogP contribution in [0.3, 0.4) is 0 Å². The molecule has 0 aliphatic heterocycles. The van der Waals surface area contributed by atoms with Crippen molar-refractivity contribution in [2.45, 2.75) is 19.4 Å². The van der Waals surface area contributed by atoms with Crippen LogP contribution >= 0.6 is 27.3 Å². The first kappa shape index (κ1) is 12.2. The molecule has 0 aliphatic carbocycles.